The number of hydrazine groups is 1. The number of anilines is 1. The van der Waals surface area contributed by atoms with Crippen LogP contribution in [0.4, 0.5) is 5.82 Å². The summed E-state index contributed by atoms with van der Waals surface area (Å²) in [5.41, 5.74) is 8.81. The number of carboxylic acids is 1. The van der Waals surface area contributed by atoms with Crippen LogP contribution in [0.25, 0.3) is 22.0 Å². The maximum Gasteiger partial charge on any atom is 0.341 e. The minimum absolute atomic E-state index is 0.175. The van der Waals surface area contributed by atoms with Gasteiger partial charge in [0, 0.05) is 36.4 Å². The van der Waals surface area contributed by atoms with E-state index in [9.17, 15) is 14.7 Å². The van der Waals surface area contributed by atoms with Crippen LogP contribution < -0.4 is 16.3 Å². The molecular weight excluding hydrogens is 344 g/mol. The van der Waals surface area contributed by atoms with E-state index in [-0.39, 0.29) is 11.6 Å². The molecule has 0 spiro atoms. The molecule has 27 heavy (non-hydrogen) atoms. The molecule has 2 heterocycles. The number of nitrogens with one attached hydrogen (secondary N) is 2. The number of aromatic carboxylic acids is 1. The van der Waals surface area contributed by atoms with Gasteiger partial charge in [0.1, 0.15) is 11.4 Å². The van der Waals surface area contributed by atoms with Gasteiger partial charge in [0.25, 0.3) is 0 Å². The second-order valence-electron chi connectivity index (χ2n) is 6.76. The number of carboxylic acid groups (broad SMARTS) is 1. The van der Waals surface area contributed by atoms with E-state index in [0.717, 1.165) is 35.0 Å². The van der Waals surface area contributed by atoms with Gasteiger partial charge < -0.3 is 15.1 Å². The fourth-order valence-corrected chi connectivity index (χ4v) is 3.48. The van der Waals surface area contributed by atoms with Gasteiger partial charge in [-0.05, 0) is 49.1 Å². The number of nitrogens with zero attached hydrogens (tertiary/aromatic N) is 2. The molecule has 0 amide bonds. The summed E-state index contributed by atoms with van der Waals surface area (Å²) in [6.45, 7) is 1.97. The molecule has 7 heteroatoms. The minimum atomic E-state index is -1.19. The predicted octanol–water partition coefficient (Wildman–Crippen LogP) is 2.95. The van der Waals surface area contributed by atoms with Crippen LogP contribution in [0.15, 0.2) is 41.5 Å². The first kappa shape index (κ1) is 17.2. The smallest absolute Gasteiger partial charge is 0.341 e. The van der Waals surface area contributed by atoms with Gasteiger partial charge >= 0.3 is 5.97 Å². The van der Waals surface area contributed by atoms with Crippen molar-refractivity contribution in [3.63, 3.8) is 0 Å². The molecule has 0 aliphatic heterocycles. The standard InChI is InChI=1S/C20H20N4O3/c1-11-14(12-3-8-17(22-9-12)23-21-2)6-7-15-18(11)24(13-4-5-13)10-16(19(15)25)20(26)27/h3,6-10,13,21H,4-5H2,1-2H3,(H,22,23)(H,26,27). The van der Waals surface area contributed by atoms with Crippen LogP contribution in [0.1, 0.15) is 34.8 Å². The van der Waals surface area contributed by atoms with E-state index in [1.165, 1.54) is 6.20 Å². The first-order valence-electron chi connectivity index (χ1n) is 8.82. The van der Waals surface area contributed by atoms with Gasteiger partial charge in [-0.3, -0.25) is 4.79 Å². The minimum Gasteiger partial charge on any atom is -0.477 e. The van der Waals surface area contributed by atoms with E-state index in [1.807, 2.05) is 29.7 Å². The maximum absolute atomic E-state index is 12.7. The quantitative estimate of drug-likeness (QED) is 0.603. The molecule has 1 aliphatic rings. The fourth-order valence-electron chi connectivity index (χ4n) is 3.48. The summed E-state index contributed by atoms with van der Waals surface area (Å²) in [5.74, 6) is -0.476. The van der Waals surface area contributed by atoms with Crippen LogP contribution in [0.2, 0.25) is 0 Å². The Balaban J connectivity index is 1.93. The maximum atomic E-state index is 12.7. The number of hydrogen-bond donors (Lipinski definition) is 3. The van der Waals surface area contributed by atoms with Crippen molar-refractivity contribution >= 4 is 22.7 Å². The van der Waals surface area contributed by atoms with Crippen LogP contribution in [-0.2, 0) is 0 Å². The number of hydrogen-bond acceptors (Lipinski definition) is 5. The number of benzene rings is 1. The average molecular weight is 364 g/mol. The second-order valence-corrected chi connectivity index (χ2v) is 6.76. The zero-order chi connectivity index (χ0) is 19.1. The Hall–Kier alpha value is -3.19. The van der Waals surface area contributed by atoms with Gasteiger partial charge in [0.15, 0.2) is 0 Å². The summed E-state index contributed by atoms with van der Waals surface area (Å²) in [6.07, 6.45) is 5.26. The van der Waals surface area contributed by atoms with Crippen molar-refractivity contribution in [2.75, 3.05) is 12.5 Å². The van der Waals surface area contributed by atoms with Gasteiger partial charge in [0.05, 0.1) is 5.52 Å². The van der Waals surface area contributed by atoms with Crippen molar-refractivity contribution in [3.05, 3.63) is 58.0 Å². The van der Waals surface area contributed by atoms with E-state index in [1.54, 1.807) is 19.3 Å². The molecule has 3 N–H and O–H groups in total. The van der Waals surface area contributed by atoms with Crippen LogP contribution in [-0.4, -0.2) is 27.7 Å². The Morgan fingerprint density at radius 2 is 2.04 bits per heavy atom. The fraction of sp³-hybridized carbons (Fsp3) is 0.250. The lowest BCUT2D eigenvalue weighted by atomic mass is 9.97. The monoisotopic (exact) mass is 364 g/mol. The molecule has 0 bridgehead atoms. The normalized spacial score (nSPS) is 13.7. The van der Waals surface area contributed by atoms with Crippen molar-refractivity contribution in [3.8, 4) is 11.1 Å². The third-order valence-corrected chi connectivity index (χ3v) is 4.94. The van der Waals surface area contributed by atoms with Crippen molar-refractivity contribution < 1.29 is 9.90 Å². The largest absolute Gasteiger partial charge is 0.477 e. The van der Waals surface area contributed by atoms with E-state index in [0.29, 0.717) is 11.2 Å². The molecule has 1 aliphatic carbocycles. The third-order valence-electron chi connectivity index (χ3n) is 4.94. The number of aryl methyl sites for hydroxylation is 1. The predicted molar refractivity (Wildman–Crippen MR) is 104 cm³/mol. The Morgan fingerprint density at radius 3 is 2.63 bits per heavy atom. The zero-order valence-electron chi connectivity index (χ0n) is 15.1. The summed E-state index contributed by atoms with van der Waals surface area (Å²) >= 11 is 0. The number of aromatic nitrogens is 2. The van der Waals surface area contributed by atoms with Crippen LogP contribution in [0.3, 0.4) is 0 Å². The highest BCUT2D eigenvalue weighted by Crippen LogP contribution is 2.39. The molecule has 1 aromatic carbocycles. The van der Waals surface area contributed by atoms with Crippen molar-refractivity contribution in [1.82, 2.24) is 15.0 Å². The molecule has 3 aromatic rings. The molecule has 0 unspecified atom stereocenters. The van der Waals surface area contributed by atoms with Crippen LogP contribution in [0.5, 0.6) is 0 Å². The number of fused-ring (bicyclic) bond motifs is 1. The molecule has 0 radical (unpaired) electrons. The van der Waals surface area contributed by atoms with Gasteiger partial charge in [0.2, 0.25) is 5.43 Å². The lowest BCUT2D eigenvalue weighted by Gasteiger charge is -2.16. The van der Waals surface area contributed by atoms with Crippen LogP contribution in [0, 0.1) is 6.92 Å². The topological polar surface area (TPSA) is 96.2 Å². The van der Waals surface area contributed by atoms with Crippen molar-refractivity contribution in [1.29, 1.82) is 0 Å². The Bertz CT molecular complexity index is 1100. The molecule has 1 saturated carbocycles. The molecule has 0 atom stereocenters. The average Bonchev–Trinajstić information content (AvgIpc) is 3.48. The Labute approximate surface area is 155 Å². The molecule has 1 fully saturated rings. The van der Waals surface area contributed by atoms with E-state index in [4.69, 9.17) is 0 Å². The first-order chi connectivity index (χ1) is 13.0. The summed E-state index contributed by atoms with van der Waals surface area (Å²) < 4.78 is 1.96. The number of rotatable bonds is 5. The highest BCUT2D eigenvalue weighted by atomic mass is 16.4. The van der Waals surface area contributed by atoms with Crippen LogP contribution >= 0.6 is 0 Å². The van der Waals surface area contributed by atoms with E-state index < -0.39 is 11.4 Å². The van der Waals surface area contributed by atoms with Gasteiger partial charge in [-0.2, -0.15) is 0 Å². The zero-order valence-corrected chi connectivity index (χ0v) is 15.1. The number of pyridine rings is 2. The Kier molecular flexibility index (Phi) is 4.16. The Morgan fingerprint density at radius 1 is 1.26 bits per heavy atom. The first-order valence-corrected chi connectivity index (χ1v) is 8.82. The molecule has 0 saturated heterocycles. The SMILES string of the molecule is CNNc1ccc(-c2ccc3c(=O)c(C(=O)O)cn(C4CC4)c3c2C)cn1. The third kappa shape index (κ3) is 2.96. The molecule has 2 aromatic heterocycles. The lowest BCUT2D eigenvalue weighted by Crippen LogP contribution is -2.19. The molecule has 138 valence electrons. The summed E-state index contributed by atoms with van der Waals surface area (Å²) in [7, 11) is 1.77. The summed E-state index contributed by atoms with van der Waals surface area (Å²) in [5, 5.41) is 9.84. The van der Waals surface area contributed by atoms with E-state index in [2.05, 4.69) is 15.8 Å². The summed E-state index contributed by atoms with van der Waals surface area (Å²) in [6, 6.07) is 7.68. The molecule has 4 rings (SSSR count). The summed E-state index contributed by atoms with van der Waals surface area (Å²) in [4.78, 5) is 28.5. The second kappa shape index (κ2) is 6.51. The molecular formula is C20H20N4O3. The highest BCUT2D eigenvalue weighted by molar-refractivity contribution is 5.95. The van der Waals surface area contributed by atoms with Crippen molar-refractivity contribution in [2.24, 2.45) is 0 Å². The van der Waals surface area contributed by atoms with Gasteiger partial charge in [-0.15, -0.1) is 0 Å². The van der Waals surface area contributed by atoms with Crippen molar-refractivity contribution in [2.45, 2.75) is 25.8 Å². The lowest BCUT2D eigenvalue weighted by molar-refractivity contribution is 0.0695. The molecule has 7 nitrogen and oxygen atoms in total. The van der Waals surface area contributed by atoms with Gasteiger partial charge in [-0.1, -0.05) is 6.07 Å². The van der Waals surface area contributed by atoms with E-state index >= 15 is 0 Å². The van der Waals surface area contributed by atoms with Gasteiger partial charge in [-0.25, -0.2) is 15.2 Å². The highest BCUT2D eigenvalue weighted by Gasteiger charge is 2.27. The number of carbonyl (C=O) groups is 1.